The van der Waals surface area contributed by atoms with E-state index < -0.39 is 0 Å². The van der Waals surface area contributed by atoms with Gasteiger partial charge in [-0.3, -0.25) is 0 Å². The molecule has 6 heterocycles. The van der Waals surface area contributed by atoms with Crippen molar-refractivity contribution in [1.29, 1.82) is 0 Å². The zero-order valence-corrected chi connectivity index (χ0v) is 25.4. The van der Waals surface area contributed by atoms with Crippen LogP contribution in [0.15, 0.2) is 64.7 Å². The summed E-state index contributed by atoms with van der Waals surface area (Å²) < 4.78 is 20.9. The molecule has 5 aromatic heterocycles. The van der Waals surface area contributed by atoms with Crippen LogP contribution in [0.4, 0.5) is 10.9 Å². The Kier molecular flexibility index (Phi) is 6.87. The van der Waals surface area contributed by atoms with Gasteiger partial charge < -0.3 is 23.7 Å². The zero-order valence-electron chi connectivity index (χ0n) is 22.5. The van der Waals surface area contributed by atoms with E-state index in [-0.39, 0.29) is 0 Å². The lowest BCUT2D eigenvalue weighted by Gasteiger charge is -2.35. The minimum Gasteiger partial charge on any atom is -0.496 e. The highest BCUT2D eigenvalue weighted by Crippen LogP contribution is 2.37. The van der Waals surface area contributed by atoms with Gasteiger partial charge in [-0.05, 0) is 59.8 Å². The number of ether oxygens (including phenoxy) is 2. The van der Waals surface area contributed by atoms with E-state index in [1.807, 2.05) is 49.6 Å². The van der Waals surface area contributed by atoms with Gasteiger partial charge in [0.15, 0.2) is 16.5 Å². The molecule has 0 atom stereocenters. The number of piperazine rings is 1. The van der Waals surface area contributed by atoms with E-state index >= 15 is 0 Å². The van der Waals surface area contributed by atoms with Crippen molar-refractivity contribution >= 4 is 61.5 Å². The molecule has 10 nitrogen and oxygen atoms in total. The topological polar surface area (TPSA) is 94.1 Å². The van der Waals surface area contributed by atoms with E-state index in [2.05, 4.69) is 65.0 Å². The molecular formula is C29H26IN7O3S. The third-order valence-electron chi connectivity index (χ3n) is 7.02. The Morgan fingerprint density at radius 1 is 1.02 bits per heavy atom. The molecule has 1 fully saturated rings. The first-order valence-electron chi connectivity index (χ1n) is 13.2. The number of hydrogen-bond acceptors (Lipinski definition) is 10. The quantitative estimate of drug-likeness (QED) is 0.194. The van der Waals surface area contributed by atoms with Crippen LogP contribution in [-0.2, 0) is 6.61 Å². The van der Waals surface area contributed by atoms with Gasteiger partial charge in [0.25, 0.3) is 0 Å². The van der Waals surface area contributed by atoms with Crippen molar-refractivity contribution in [2.24, 2.45) is 0 Å². The predicted octanol–water partition coefficient (Wildman–Crippen LogP) is 5.82. The summed E-state index contributed by atoms with van der Waals surface area (Å²) in [6.45, 7) is 5.90. The Hall–Kier alpha value is -3.91. The van der Waals surface area contributed by atoms with Crippen LogP contribution < -0.4 is 19.3 Å². The van der Waals surface area contributed by atoms with Crippen molar-refractivity contribution in [3.05, 3.63) is 75.2 Å². The van der Waals surface area contributed by atoms with Crippen molar-refractivity contribution in [2.45, 2.75) is 13.5 Å². The lowest BCUT2D eigenvalue weighted by Crippen LogP contribution is -2.46. The number of methoxy groups -OCH3 is 1. The standard InChI is InChI=1S/C29H26IN7O3S/c1-18-3-5-28-33-23(15-37(28)34-18)26-13-22-24(11-21(38-2)12-25(22)40-26)39-16-20-17-41-29(32-20)36-9-7-35(8-10-36)27-6-4-19(30)14-31-27/h3-6,11-15,17H,7-10,16H2,1-2H3. The number of hydrogen-bond donors (Lipinski definition) is 0. The SMILES string of the molecule is COc1cc(OCc2csc(N3CCN(c4ccc(I)cn4)CC3)n2)c2cc(-c3cn4nc(C)ccc4n3)oc2c1. The third kappa shape index (κ3) is 5.28. The normalized spacial score (nSPS) is 13.8. The number of fused-ring (bicyclic) bond motifs is 2. The van der Waals surface area contributed by atoms with E-state index in [1.54, 1.807) is 23.0 Å². The maximum atomic E-state index is 6.29. The molecule has 1 aliphatic heterocycles. The second-order valence-corrected chi connectivity index (χ2v) is 11.9. The first-order chi connectivity index (χ1) is 20.0. The van der Waals surface area contributed by atoms with Gasteiger partial charge in [-0.2, -0.15) is 5.10 Å². The first-order valence-corrected chi connectivity index (χ1v) is 15.1. The summed E-state index contributed by atoms with van der Waals surface area (Å²) in [5, 5.41) is 8.41. The minimum atomic E-state index is 0.337. The predicted molar refractivity (Wildman–Crippen MR) is 167 cm³/mol. The van der Waals surface area contributed by atoms with Crippen LogP contribution in [0.1, 0.15) is 11.4 Å². The lowest BCUT2D eigenvalue weighted by atomic mass is 10.2. The molecule has 0 amide bonds. The molecule has 208 valence electrons. The molecule has 0 bridgehead atoms. The van der Waals surface area contributed by atoms with Crippen LogP contribution in [0.3, 0.4) is 0 Å². The summed E-state index contributed by atoms with van der Waals surface area (Å²) in [7, 11) is 1.63. The number of rotatable bonds is 7. The van der Waals surface area contributed by atoms with Crippen molar-refractivity contribution in [3.63, 3.8) is 0 Å². The molecule has 0 N–H and O–H groups in total. The number of anilines is 2. The van der Waals surface area contributed by atoms with Crippen molar-refractivity contribution in [2.75, 3.05) is 43.1 Å². The summed E-state index contributed by atoms with van der Waals surface area (Å²) >= 11 is 3.93. The smallest absolute Gasteiger partial charge is 0.185 e. The van der Waals surface area contributed by atoms with Gasteiger partial charge in [0.1, 0.15) is 35.2 Å². The van der Waals surface area contributed by atoms with Gasteiger partial charge in [0.2, 0.25) is 0 Å². The fourth-order valence-corrected chi connectivity index (χ4v) is 6.07. The molecule has 1 saturated heterocycles. The summed E-state index contributed by atoms with van der Waals surface area (Å²) in [6, 6.07) is 13.7. The van der Waals surface area contributed by atoms with Gasteiger partial charge in [0, 0.05) is 53.5 Å². The fourth-order valence-electron chi connectivity index (χ4n) is 4.88. The van der Waals surface area contributed by atoms with Crippen LogP contribution in [0.2, 0.25) is 0 Å². The summed E-state index contributed by atoms with van der Waals surface area (Å²) in [5.74, 6) is 2.98. The molecule has 0 saturated carbocycles. The largest absolute Gasteiger partial charge is 0.496 e. The first kappa shape index (κ1) is 26.0. The Labute approximate surface area is 253 Å². The van der Waals surface area contributed by atoms with E-state index in [0.29, 0.717) is 35.1 Å². The van der Waals surface area contributed by atoms with Crippen LogP contribution in [0, 0.1) is 10.5 Å². The molecular weight excluding hydrogens is 653 g/mol. The highest BCUT2D eigenvalue weighted by molar-refractivity contribution is 14.1. The van der Waals surface area contributed by atoms with Crippen molar-refractivity contribution < 1.29 is 13.9 Å². The molecule has 1 aromatic carbocycles. The van der Waals surface area contributed by atoms with Crippen LogP contribution in [0.25, 0.3) is 28.1 Å². The number of aromatic nitrogens is 5. The Bertz CT molecular complexity index is 1840. The summed E-state index contributed by atoms with van der Waals surface area (Å²) in [6.07, 6.45) is 3.78. The van der Waals surface area contributed by atoms with E-state index in [0.717, 1.165) is 63.1 Å². The van der Waals surface area contributed by atoms with Crippen molar-refractivity contribution in [3.8, 4) is 23.0 Å². The van der Waals surface area contributed by atoms with Crippen molar-refractivity contribution in [1.82, 2.24) is 24.6 Å². The molecule has 6 aromatic rings. The number of nitrogens with zero attached hydrogens (tertiary/aromatic N) is 7. The van der Waals surface area contributed by atoms with Gasteiger partial charge >= 0.3 is 0 Å². The maximum Gasteiger partial charge on any atom is 0.185 e. The van der Waals surface area contributed by atoms with Gasteiger partial charge in [-0.15, -0.1) is 11.3 Å². The third-order valence-corrected chi connectivity index (χ3v) is 8.60. The molecule has 0 unspecified atom stereocenters. The number of furan rings is 1. The number of imidazole rings is 1. The number of benzene rings is 1. The van der Waals surface area contributed by atoms with E-state index in [1.165, 1.54) is 0 Å². The van der Waals surface area contributed by atoms with E-state index in [4.69, 9.17) is 18.9 Å². The molecule has 12 heteroatoms. The highest BCUT2D eigenvalue weighted by Gasteiger charge is 2.21. The fraction of sp³-hybridized carbons (Fsp3) is 0.241. The highest BCUT2D eigenvalue weighted by atomic mass is 127. The number of pyridine rings is 1. The average molecular weight is 680 g/mol. The monoisotopic (exact) mass is 679 g/mol. The maximum absolute atomic E-state index is 6.29. The summed E-state index contributed by atoms with van der Waals surface area (Å²) in [4.78, 5) is 18.8. The molecule has 0 radical (unpaired) electrons. The minimum absolute atomic E-state index is 0.337. The zero-order chi connectivity index (χ0) is 27.9. The van der Waals surface area contributed by atoms with Crippen LogP contribution in [-0.4, -0.2) is 57.9 Å². The average Bonchev–Trinajstić information content (AvgIpc) is 3.74. The molecule has 1 aliphatic rings. The van der Waals surface area contributed by atoms with Gasteiger partial charge in [-0.1, -0.05) is 0 Å². The molecule has 41 heavy (non-hydrogen) atoms. The van der Waals surface area contributed by atoms with Gasteiger partial charge in [-0.25, -0.2) is 19.5 Å². The van der Waals surface area contributed by atoms with Crippen LogP contribution >= 0.6 is 33.9 Å². The molecule has 0 aliphatic carbocycles. The summed E-state index contributed by atoms with van der Waals surface area (Å²) in [5.41, 5.74) is 3.92. The Morgan fingerprint density at radius 2 is 1.88 bits per heavy atom. The number of aryl methyl sites for hydroxylation is 1. The lowest BCUT2D eigenvalue weighted by molar-refractivity contribution is 0.303. The second kappa shape index (κ2) is 10.8. The molecule has 0 spiro atoms. The van der Waals surface area contributed by atoms with Gasteiger partial charge in [0.05, 0.1) is 30.1 Å². The number of halogens is 1. The molecule has 7 rings (SSSR count). The number of thiazole rings is 1. The van der Waals surface area contributed by atoms with E-state index in [9.17, 15) is 0 Å². The Balaban J connectivity index is 1.06. The Morgan fingerprint density at radius 3 is 2.68 bits per heavy atom. The van der Waals surface area contributed by atoms with Crippen LogP contribution in [0.5, 0.6) is 11.5 Å². The second-order valence-electron chi connectivity index (χ2n) is 9.77.